The molecule has 0 N–H and O–H groups in total. The summed E-state index contributed by atoms with van der Waals surface area (Å²) in [4.78, 5) is 15.3. The highest BCUT2D eigenvalue weighted by Gasteiger charge is 2.29. The first-order valence-electron chi connectivity index (χ1n) is 6.72. The third kappa shape index (κ3) is 2.74. The van der Waals surface area contributed by atoms with E-state index >= 15 is 0 Å². The summed E-state index contributed by atoms with van der Waals surface area (Å²) < 4.78 is 0. The van der Waals surface area contributed by atoms with Gasteiger partial charge in [0.1, 0.15) is 5.88 Å². The zero-order valence-corrected chi connectivity index (χ0v) is 12.7. The molecule has 1 aliphatic carbocycles. The van der Waals surface area contributed by atoms with Crippen LogP contribution in [0.3, 0.4) is 0 Å². The Morgan fingerprint density at radius 3 is 2.45 bits per heavy atom. The maximum absolute atomic E-state index is 12.2. The van der Waals surface area contributed by atoms with Crippen LogP contribution in [0.2, 0.25) is 0 Å². The molecule has 0 unspecified atom stereocenters. The van der Waals surface area contributed by atoms with Gasteiger partial charge in [-0.2, -0.15) is 0 Å². The molecule has 1 aromatic carbocycles. The van der Waals surface area contributed by atoms with Crippen LogP contribution in [0, 0.1) is 0 Å². The molecule has 104 valence electrons. The van der Waals surface area contributed by atoms with Crippen molar-refractivity contribution >= 4 is 28.8 Å². The molecule has 2 aromatic rings. The predicted octanol–water partition coefficient (Wildman–Crippen LogP) is 3.48. The van der Waals surface area contributed by atoms with Crippen LogP contribution >= 0.6 is 22.9 Å². The second-order valence-electron chi connectivity index (χ2n) is 5.07. The summed E-state index contributed by atoms with van der Waals surface area (Å²) >= 11 is 7.47. The fourth-order valence-corrected chi connectivity index (χ4v) is 3.68. The fourth-order valence-electron chi connectivity index (χ4n) is 2.82. The number of fused-ring (bicyclic) bond motifs is 1. The first kappa shape index (κ1) is 13.7. The third-order valence-corrected chi connectivity index (χ3v) is 4.90. The normalized spacial score (nSPS) is 14.2. The highest BCUT2D eigenvalue weighted by atomic mass is 35.5. The van der Waals surface area contributed by atoms with Gasteiger partial charge in [-0.1, -0.05) is 30.3 Å². The van der Waals surface area contributed by atoms with E-state index in [0.29, 0.717) is 6.54 Å². The van der Waals surface area contributed by atoms with E-state index in [-0.39, 0.29) is 17.8 Å². The SMILES string of the molecule is O=C(CCl)N(Cc1cccs1)C1Cc2ccccc2C1. The van der Waals surface area contributed by atoms with Crippen LogP contribution < -0.4 is 0 Å². The number of amides is 1. The summed E-state index contributed by atoms with van der Waals surface area (Å²) in [5.41, 5.74) is 2.71. The van der Waals surface area contributed by atoms with E-state index < -0.39 is 0 Å². The molecule has 4 heteroatoms. The van der Waals surface area contributed by atoms with Gasteiger partial charge in [0.15, 0.2) is 0 Å². The summed E-state index contributed by atoms with van der Waals surface area (Å²) in [6.07, 6.45) is 1.87. The standard InChI is InChI=1S/C16H16ClNOS/c17-10-16(19)18(11-15-6-3-7-20-15)14-8-12-4-1-2-5-13(12)9-14/h1-7,14H,8-11H2. The Hall–Kier alpha value is -1.32. The van der Waals surface area contributed by atoms with Gasteiger partial charge in [-0.15, -0.1) is 22.9 Å². The van der Waals surface area contributed by atoms with E-state index in [0.717, 1.165) is 12.8 Å². The number of alkyl halides is 1. The van der Waals surface area contributed by atoms with E-state index in [4.69, 9.17) is 11.6 Å². The average molecular weight is 306 g/mol. The van der Waals surface area contributed by atoms with E-state index in [1.54, 1.807) is 11.3 Å². The number of hydrogen-bond acceptors (Lipinski definition) is 2. The van der Waals surface area contributed by atoms with Crippen LogP contribution in [0.4, 0.5) is 0 Å². The summed E-state index contributed by atoms with van der Waals surface area (Å²) in [5, 5.41) is 2.04. The van der Waals surface area contributed by atoms with Crippen molar-refractivity contribution in [3.8, 4) is 0 Å². The zero-order valence-electron chi connectivity index (χ0n) is 11.1. The van der Waals surface area contributed by atoms with Crippen LogP contribution in [0.15, 0.2) is 41.8 Å². The molecule has 1 aliphatic rings. The van der Waals surface area contributed by atoms with Crippen LogP contribution in [0.1, 0.15) is 16.0 Å². The Bertz CT molecular complexity index is 571. The first-order valence-corrected chi connectivity index (χ1v) is 8.14. The molecule has 0 saturated carbocycles. The van der Waals surface area contributed by atoms with Crippen molar-refractivity contribution in [2.45, 2.75) is 25.4 Å². The molecule has 0 fully saturated rings. The Kier molecular flexibility index (Phi) is 4.08. The molecule has 0 spiro atoms. The van der Waals surface area contributed by atoms with Crippen molar-refractivity contribution in [2.24, 2.45) is 0 Å². The molecule has 0 bridgehead atoms. The van der Waals surface area contributed by atoms with E-state index in [9.17, 15) is 4.79 Å². The Morgan fingerprint density at radius 2 is 1.90 bits per heavy atom. The van der Waals surface area contributed by atoms with Gasteiger partial charge in [0.2, 0.25) is 5.91 Å². The summed E-state index contributed by atoms with van der Waals surface area (Å²) in [5.74, 6) is 0.0796. The highest BCUT2D eigenvalue weighted by molar-refractivity contribution is 7.09. The van der Waals surface area contributed by atoms with Gasteiger partial charge in [0.25, 0.3) is 0 Å². The van der Waals surface area contributed by atoms with E-state index in [2.05, 4.69) is 30.3 Å². The van der Waals surface area contributed by atoms with Crippen LogP contribution in [0.5, 0.6) is 0 Å². The number of hydrogen-bond donors (Lipinski definition) is 0. The van der Waals surface area contributed by atoms with Gasteiger partial charge in [-0.25, -0.2) is 0 Å². The second-order valence-corrected chi connectivity index (χ2v) is 6.36. The second kappa shape index (κ2) is 5.98. The summed E-state index contributed by atoms with van der Waals surface area (Å²) in [7, 11) is 0. The van der Waals surface area contributed by atoms with Crippen molar-refractivity contribution in [2.75, 3.05) is 5.88 Å². The van der Waals surface area contributed by atoms with Crippen molar-refractivity contribution in [1.29, 1.82) is 0 Å². The molecule has 1 amide bonds. The lowest BCUT2D eigenvalue weighted by Gasteiger charge is -2.28. The molecule has 0 aliphatic heterocycles. The summed E-state index contributed by atoms with van der Waals surface area (Å²) in [6.45, 7) is 0.669. The van der Waals surface area contributed by atoms with Crippen molar-refractivity contribution in [3.63, 3.8) is 0 Å². The molecule has 0 saturated heterocycles. The van der Waals surface area contributed by atoms with Gasteiger partial charge >= 0.3 is 0 Å². The first-order chi connectivity index (χ1) is 9.78. The lowest BCUT2D eigenvalue weighted by molar-refractivity contribution is -0.131. The molecule has 2 nitrogen and oxygen atoms in total. The molecular weight excluding hydrogens is 290 g/mol. The predicted molar refractivity (Wildman–Crippen MR) is 83.2 cm³/mol. The zero-order chi connectivity index (χ0) is 13.9. The lowest BCUT2D eigenvalue weighted by atomic mass is 10.1. The molecular formula is C16H16ClNOS. The van der Waals surface area contributed by atoms with Gasteiger partial charge in [-0.05, 0) is 35.4 Å². The van der Waals surface area contributed by atoms with Gasteiger partial charge in [-0.3, -0.25) is 4.79 Å². The number of rotatable bonds is 4. The monoisotopic (exact) mass is 305 g/mol. The number of carbonyl (C=O) groups excluding carboxylic acids is 1. The molecule has 1 aromatic heterocycles. The maximum Gasteiger partial charge on any atom is 0.238 e. The molecule has 0 radical (unpaired) electrons. The van der Waals surface area contributed by atoms with Gasteiger partial charge in [0.05, 0.1) is 6.54 Å². The average Bonchev–Trinajstić information content (AvgIpc) is 3.12. The van der Waals surface area contributed by atoms with Crippen LogP contribution in [-0.2, 0) is 24.2 Å². The van der Waals surface area contributed by atoms with Crippen molar-refractivity contribution < 1.29 is 4.79 Å². The Balaban J connectivity index is 1.79. The van der Waals surface area contributed by atoms with Crippen LogP contribution in [-0.4, -0.2) is 22.7 Å². The van der Waals surface area contributed by atoms with E-state index in [1.807, 2.05) is 16.3 Å². The number of thiophene rings is 1. The largest absolute Gasteiger partial charge is 0.333 e. The third-order valence-electron chi connectivity index (χ3n) is 3.81. The number of benzene rings is 1. The maximum atomic E-state index is 12.2. The molecule has 3 rings (SSSR count). The smallest absolute Gasteiger partial charge is 0.238 e. The van der Waals surface area contributed by atoms with Crippen LogP contribution in [0.25, 0.3) is 0 Å². The quantitative estimate of drug-likeness (QED) is 0.792. The lowest BCUT2D eigenvalue weighted by Crippen LogP contribution is -2.41. The Morgan fingerprint density at radius 1 is 1.20 bits per heavy atom. The molecule has 1 heterocycles. The Labute approximate surface area is 128 Å². The number of carbonyl (C=O) groups is 1. The van der Waals surface area contributed by atoms with Crippen molar-refractivity contribution in [3.05, 3.63) is 57.8 Å². The highest BCUT2D eigenvalue weighted by Crippen LogP contribution is 2.27. The molecule has 20 heavy (non-hydrogen) atoms. The minimum atomic E-state index is 0.0258. The minimum absolute atomic E-state index is 0.0258. The minimum Gasteiger partial charge on any atom is -0.333 e. The topological polar surface area (TPSA) is 20.3 Å². The summed E-state index contributed by atoms with van der Waals surface area (Å²) in [6, 6.07) is 12.8. The fraction of sp³-hybridized carbons (Fsp3) is 0.312. The van der Waals surface area contributed by atoms with E-state index in [1.165, 1.54) is 16.0 Å². The molecule has 0 atom stereocenters. The number of halogens is 1. The van der Waals surface area contributed by atoms with Crippen molar-refractivity contribution in [1.82, 2.24) is 4.90 Å². The van der Waals surface area contributed by atoms with Gasteiger partial charge < -0.3 is 4.90 Å². The van der Waals surface area contributed by atoms with Gasteiger partial charge in [0, 0.05) is 10.9 Å². The number of nitrogens with zero attached hydrogens (tertiary/aromatic N) is 1.